The van der Waals surface area contributed by atoms with E-state index in [1.54, 1.807) is 6.08 Å². The highest BCUT2D eigenvalue weighted by atomic mass is 16.6. The average Bonchev–Trinajstić information content (AvgIpc) is 2.67. The molecule has 3 N–H and O–H groups in total. The monoisotopic (exact) mass is 267 g/mol. The molecule has 0 saturated carbocycles. The lowest BCUT2D eigenvalue weighted by Gasteiger charge is -2.38. The number of nitrogens with one attached hydrogen (secondary N) is 1. The smallest absolute Gasteiger partial charge is 0.410 e. The Morgan fingerprint density at radius 2 is 2.00 bits per heavy atom. The summed E-state index contributed by atoms with van der Waals surface area (Å²) >= 11 is 0. The maximum atomic E-state index is 12.0. The van der Waals surface area contributed by atoms with Crippen LogP contribution >= 0.6 is 0 Å². The van der Waals surface area contributed by atoms with Crippen LogP contribution in [-0.2, 0) is 9.53 Å². The predicted molar refractivity (Wildman–Crippen MR) is 70.4 cm³/mol. The number of fused-ring (bicyclic) bond motifs is 2. The number of ether oxygens (including phenoxy) is 1. The van der Waals surface area contributed by atoms with Gasteiger partial charge in [0, 0.05) is 18.1 Å². The Morgan fingerprint density at radius 1 is 1.37 bits per heavy atom. The summed E-state index contributed by atoms with van der Waals surface area (Å²) in [4.78, 5) is 25.1. The molecule has 2 atom stereocenters. The van der Waals surface area contributed by atoms with Gasteiger partial charge in [-0.1, -0.05) is 12.7 Å². The fourth-order valence-corrected chi connectivity index (χ4v) is 3.08. The van der Waals surface area contributed by atoms with Gasteiger partial charge in [-0.3, -0.25) is 4.79 Å². The Hall–Kier alpha value is -1.56. The van der Waals surface area contributed by atoms with E-state index >= 15 is 0 Å². The van der Waals surface area contributed by atoms with Crippen LogP contribution in [0, 0.1) is 0 Å². The number of nitrogens with two attached hydrogens (primary N) is 1. The number of carbonyl (C=O) groups is 2. The summed E-state index contributed by atoms with van der Waals surface area (Å²) in [5.74, 6) is -0.132. The summed E-state index contributed by atoms with van der Waals surface area (Å²) in [6, 6.07) is 0.454. The van der Waals surface area contributed by atoms with Gasteiger partial charge in [0.25, 0.3) is 0 Å². The fraction of sp³-hybridized carbons (Fsp3) is 0.692. The van der Waals surface area contributed by atoms with E-state index in [2.05, 4.69) is 11.9 Å². The van der Waals surface area contributed by atoms with Crippen LogP contribution in [0.2, 0.25) is 0 Å². The molecule has 2 saturated heterocycles. The molecule has 2 amide bonds. The van der Waals surface area contributed by atoms with Gasteiger partial charge < -0.3 is 20.7 Å². The molecule has 6 nitrogen and oxygen atoms in total. The van der Waals surface area contributed by atoms with Gasteiger partial charge in [-0.2, -0.15) is 0 Å². The molecule has 2 fully saturated rings. The largest absolute Gasteiger partial charge is 0.445 e. The molecule has 0 spiro atoms. The topological polar surface area (TPSA) is 84.7 Å². The average molecular weight is 267 g/mol. The number of piperidine rings is 1. The molecule has 2 heterocycles. The number of amides is 2. The van der Waals surface area contributed by atoms with Gasteiger partial charge in [0.1, 0.15) is 6.61 Å². The molecule has 106 valence electrons. The summed E-state index contributed by atoms with van der Waals surface area (Å²) in [5, 5.41) is 2.91. The normalized spacial score (nSPS) is 28.9. The Morgan fingerprint density at radius 3 is 2.53 bits per heavy atom. The molecular formula is C13H21N3O3. The third kappa shape index (κ3) is 3.07. The molecule has 2 aliphatic heterocycles. The molecule has 6 heteroatoms. The molecule has 19 heavy (non-hydrogen) atoms. The second-order valence-corrected chi connectivity index (χ2v) is 5.10. The highest BCUT2D eigenvalue weighted by molar-refractivity contribution is 5.78. The first kappa shape index (κ1) is 13.9. The Kier molecular flexibility index (Phi) is 4.42. The highest BCUT2D eigenvalue weighted by Crippen LogP contribution is 2.36. The minimum Gasteiger partial charge on any atom is -0.445 e. The van der Waals surface area contributed by atoms with Crippen molar-refractivity contribution in [2.75, 3.05) is 13.2 Å². The Bertz CT molecular complexity index is 358. The van der Waals surface area contributed by atoms with Gasteiger partial charge in [0.05, 0.1) is 6.54 Å². The molecule has 0 aromatic heterocycles. The number of carbonyl (C=O) groups excluding carboxylic acids is 2. The van der Waals surface area contributed by atoms with E-state index in [-0.39, 0.29) is 43.3 Å². The van der Waals surface area contributed by atoms with Crippen molar-refractivity contribution in [3.63, 3.8) is 0 Å². The van der Waals surface area contributed by atoms with Gasteiger partial charge in [-0.15, -0.1) is 0 Å². The van der Waals surface area contributed by atoms with Crippen LogP contribution in [0.5, 0.6) is 0 Å². The zero-order valence-corrected chi connectivity index (χ0v) is 11.0. The van der Waals surface area contributed by atoms with Crippen LogP contribution in [0.4, 0.5) is 4.79 Å². The Balaban J connectivity index is 1.92. The first-order valence-corrected chi connectivity index (χ1v) is 6.71. The van der Waals surface area contributed by atoms with Crippen LogP contribution in [0.3, 0.4) is 0 Å². The van der Waals surface area contributed by atoms with Crippen LogP contribution in [0.25, 0.3) is 0 Å². The molecule has 2 unspecified atom stereocenters. The molecular weight excluding hydrogens is 246 g/mol. The molecule has 2 rings (SSSR count). The van der Waals surface area contributed by atoms with Crippen LogP contribution in [-0.4, -0.2) is 48.2 Å². The lowest BCUT2D eigenvalue weighted by Crippen LogP contribution is -2.53. The zero-order chi connectivity index (χ0) is 13.8. The van der Waals surface area contributed by atoms with Crippen LogP contribution < -0.4 is 11.1 Å². The van der Waals surface area contributed by atoms with Crippen molar-refractivity contribution in [1.29, 1.82) is 0 Å². The summed E-state index contributed by atoms with van der Waals surface area (Å²) in [6.45, 7) is 3.78. The molecule has 0 aliphatic carbocycles. The lowest BCUT2D eigenvalue weighted by atomic mass is 9.98. The van der Waals surface area contributed by atoms with E-state index in [1.165, 1.54) is 0 Å². The van der Waals surface area contributed by atoms with Crippen molar-refractivity contribution in [2.24, 2.45) is 5.73 Å². The first-order valence-electron chi connectivity index (χ1n) is 6.71. The summed E-state index contributed by atoms with van der Waals surface area (Å²) in [7, 11) is 0. The summed E-state index contributed by atoms with van der Waals surface area (Å²) in [5.41, 5.74) is 5.30. The number of hydrogen-bond donors (Lipinski definition) is 2. The maximum absolute atomic E-state index is 12.0. The van der Waals surface area contributed by atoms with E-state index in [0.29, 0.717) is 0 Å². The third-order valence-electron chi connectivity index (χ3n) is 3.82. The van der Waals surface area contributed by atoms with Gasteiger partial charge in [-0.05, 0) is 25.7 Å². The van der Waals surface area contributed by atoms with Gasteiger partial charge >= 0.3 is 6.09 Å². The SMILES string of the molecule is C=CCOC(=O)N1C2CCC1CC(NC(=O)CN)C2. The number of hydrogen-bond acceptors (Lipinski definition) is 4. The minimum absolute atomic E-state index is 0.0108. The van der Waals surface area contributed by atoms with Gasteiger partial charge in [-0.25, -0.2) is 4.79 Å². The minimum atomic E-state index is -0.268. The molecule has 0 aromatic rings. The lowest BCUT2D eigenvalue weighted by molar-refractivity contribution is -0.120. The van der Waals surface area contributed by atoms with E-state index in [4.69, 9.17) is 10.5 Å². The van der Waals surface area contributed by atoms with Crippen molar-refractivity contribution in [3.8, 4) is 0 Å². The third-order valence-corrected chi connectivity index (χ3v) is 3.82. The van der Waals surface area contributed by atoms with Crippen molar-refractivity contribution in [3.05, 3.63) is 12.7 Å². The second-order valence-electron chi connectivity index (χ2n) is 5.10. The van der Waals surface area contributed by atoms with Crippen LogP contribution in [0.1, 0.15) is 25.7 Å². The van der Waals surface area contributed by atoms with E-state index in [9.17, 15) is 9.59 Å². The second kappa shape index (κ2) is 6.06. The van der Waals surface area contributed by atoms with Crippen LogP contribution in [0.15, 0.2) is 12.7 Å². The maximum Gasteiger partial charge on any atom is 0.410 e. The standard InChI is InChI=1S/C13H21N3O3/c1-2-5-19-13(18)16-10-3-4-11(16)7-9(6-10)15-12(17)8-14/h2,9-11H,1,3-8,14H2,(H,15,17). The summed E-state index contributed by atoms with van der Waals surface area (Å²) < 4.78 is 5.11. The van der Waals surface area contributed by atoms with E-state index in [1.807, 2.05) is 4.90 Å². The summed E-state index contributed by atoms with van der Waals surface area (Å²) in [6.07, 6.45) is 4.81. The first-order chi connectivity index (χ1) is 9.15. The zero-order valence-electron chi connectivity index (χ0n) is 11.0. The Labute approximate surface area is 113 Å². The van der Waals surface area contributed by atoms with Crippen molar-refractivity contribution in [1.82, 2.24) is 10.2 Å². The fourth-order valence-electron chi connectivity index (χ4n) is 3.08. The molecule has 0 aromatic carbocycles. The van der Waals surface area contributed by atoms with Gasteiger partial charge in [0.15, 0.2) is 0 Å². The number of nitrogens with zero attached hydrogens (tertiary/aromatic N) is 1. The predicted octanol–water partition coefficient (Wildman–Crippen LogP) is 0.379. The van der Waals surface area contributed by atoms with Crippen molar-refractivity contribution < 1.29 is 14.3 Å². The van der Waals surface area contributed by atoms with E-state index < -0.39 is 0 Å². The molecule has 2 aliphatic rings. The molecule has 0 radical (unpaired) electrons. The van der Waals surface area contributed by atoms with Crippen molar-refractivity contribution in [2.45, 2.75) is 43.8 Å². The number of rotatable bonds is 4. The van der Waals surface area contributed by atoms with Gasteiger partial charge in [0.2, 0.25) is 5.91 Å². The molecule has 2 bridgehead atoms. The van der Waals surface area contributed by atoms with E-state index in [0.717, 1.165) is 25.7 Å². The highest BCUT2D eigenvalue weighted by Gasteiger charge is 2.44. The van der Waals surface area contributed by atoms with Crippen molar-refractivity contribution >= 4 is 12.0 Å². The quantitative estimate of drug-likeness (QED) is 0.721.